The van der Waals surface area contributed by atoms with Crippen LogP contribution in [-0.4, -0.2) is 22.3 Å². The lowest BCUT2D eigenvalue weighted by Gasteiger charge is -2.01. The van der Waals surface area contributed by atoms with Crippen molar-refractivity contribution in [3.8, 4) is 6.07 Å². The van der Waals surface area contributed by atoms with Crippen LogP contribution in [0.5, 0.6) is 0 Å². The van der Waals surface area contributed by atoms with Crippen molar-refractivity contribution in [3.05, 3.63) is 45.0 Å². The van der Waals surface area contributed by atoms with Gasteiger partial charge in [-0.15, -0.1) is 0 Å². The van der Waals surface area contributed by atoms with E-state index in [0.717, 1.165) is 24.3 Å². The first-order valence-corrected chi connectivity index (χ1v) is 4.58. The highest BCUT2D eigenvalue weighted by Crippen LogP contribution is 2.23. The van der Waals surface area contributed by atoms with Gasteiger partial charge in [0.05, 0.1) is 4.92 Å². The first-order valence-electron chi connectivity index (χ1n) is 4.58. The van der Waals surface area contributed by atoms with Gasteiger partial charge in [-0.05, 0) is 17.7 Å². The van der Waals surface area contributed by atoms with E-state index in [1.54, 1.807) is 6.07 Å². The number of hydrogen-bond donors (Lipinski definition) is 1. The maximum absolute atomic E-state index is 10.8. The molecule has 0 bridgehead atoms. The van der Waals surface area contributed by atoms with Gasteiger partial charge in [-0.25, -0.2) is 4.79 Å². The molecule has 7 nitrogen and oxygen atoms in total. The summed E-state index contributed by atoms with van der Waals surface area (Å²) >= 11 is 0. The third-order valence-corrected chi connectivity index (χ3v) is 2.05. The zero-order chi connectivity index (χ0) is 13.7. The molecule has 0 amide bonds. The van der Waals surface area contributed by atoms with Crippen LogP contribution in [0.15, 0.2) is 18.2 Å². The number of rotatable bonds is 4. The second kappa shape index (κ2) is 5.36. The van der Waals surface area contributed by atoms with Crippen LogP contribution in [0.2, 0.25) is 0 Å². The Morgan fingerprint density at radius 2 is 2.11 bits per heavy atom. The SMILES string of the molecule is N#Cc1cc(C=O)c(/C=C/C(=O)O)cc1[N+](=O)[O-]. The fourth-order valence-electron chi connectivity index (χ4n) is 1.27. The fourth-order valence-corrected chi connectivity index (χ4v) is 1.27. The monoisotopic (exact) mass is 246 g/mol. The number of aliphatic carboxylic acids is 1. The highest BCUT2D eigenvalue weighted by molar-refractivity contribution is 5.90. The number of nitro groups is 1. The maximum atomic E-state index is 10.8. The van der Waals surface area contributed by atoms with Gasteiger partial charge in [0.15, 0.2) is 6.29 Å². The number of aldehydes is 1. The molecule has 7 heteroatoms. The molecule has 0 aliphatic carbocycles. The Kier molecular flexibility index (Phi) is 3.89. The van der Waals surface area contributed by atoms with Crippen molar-refractivity contribution in [2.24, 2.45) is 0 Å². The van der Waals surface area contributed by atoms with Crippen molar-refractivity contribution in [2.45, 2.75) is 0 Å². The van der Waals surface area contributed by atoms with E-state index in [1.165, 1.54) is 0 Å². The summed E-state index contributed by atoms with van der Waals surface area (Å²) in [6, 6.07) is 3.64. The predicted octanol–water partition coefficient (Wildman–Crippen LogP) is 1.38. The average Bonchev–Trinajstić information content (AvgIpc) is 2.34. The van der Waals surface area contributed by atoms with Crippen molar-refractivity contribution in [1.29, 1.82) is 5.26 Å². The van der Waals surface area contributed by atoms with Gasteiger partial charge in [-0.2, -0.15) is 5.26 Å². The Balaban J connectivity index is 3.47. The summed E-state index contributed by atoms with van der Waals surface area (Å²) in [5.41, 5.74) is -0.657. The zero-order valence-corrected chi connectivity index (χ0v) is 8.86. The van der Waals surface area contributed by atoms with Gasteiger partial charge in [-0.1, -0.05) is 0 Å². The lowest BCUT2D eigenvalue weighted by atomic mass is 10.0. The molecule has 0 aromatic heterocycles. The zero-order valence-electron chi connectivity index (χ0n) is 8.86. The molecule has 0 saturated heterocycles. The molecule has 0 spiro atoms. The molecule has 0 aliphatic rings. The van der Waals surface area contributed by atoms with Crippen molar-refractivity contribution in [1.82, 2.24) is 0 Å². The first kappa shape index (κ1) is 13.1. The summed E-state index contributed by atoms with van der Waals surface area (Å²) in [6.07, 6.45) is 2.20. The average molecular weight is 246 g/mol. The van der Waals surface area contributed by atoms with E-state index in [9.17, 15) is 19.7 Å². The Morgan fingerprint density at radius 3 is 2.56 bits per heavy atom. The van der Waals surface area contributed by atoms with Crippen molar-refractivity contribution >= 4 is 24.0 Å². The van der Waals surface area contributed by atoms with Crippen LogP contribution in [0, 0.1) is 21.4 Å². The van der Waals surface area contributed by atoms with E-state index in [-0.39, 0.29) is 16.7 Å². The Labute approximate surface area is 101 Å². The molecule has 1 aromatic carbocycles. The Bertz CT molecular complexity index is 598. The number of hydrogen-bond acceptors (Lipinski definition) is 5. The summed E-state index contributed by atoms with van der Waals surface area (Å²) < 4.78 is 0. The molecule has 1 aromatic rings. The summed E-state index contributed by atoms with van der Waals surface area (Å²) in [5.74, 6) is -1.25. The number of nitro benzene ring substituents is 1. The van der Waals surface area contributed by atoms with E-state index in [0.29, 0.717) is 6.29 Å². The molecule has 0 unspecified atom stereocenters. The summed E-state index contributed by atoms with van der Waals surface area (Å²) in [4.78, 5) is 31.0. The van der Waals surface area contributed by atoms with E-state index in [1.807, 2.05) is 0 Å². The summed E-state index contributed by atoms with van der Waals surface area (Å²) in [7, 11) is 0. The molecule has 0 heterocycles. The van der Waals surface area contributed by atoms with E-state index >= 15 is 0 Å². The predicted molar refractivity (Wildman–Crippen MR) is 59.9 cm³/mol. The molecule has 0 atom stereocenters. The number of nitriles is 1. The lowest BCUT2D eigenvalue weighted by molar-refractivity contribution is -0.385. The largest absolute Gasteiger partial charge is 0.478 e. The summed E-state index contributed by atoms with van der Waals surface area (Å²) in [6.45, 7) is 0. The molecule has 1 rings (SSSR count). The second-order valence-electron chi connectivity index (χ2n) is 3.16. The molecular weight excluding hydrogens is 240 g/mol. The minimum atomic E-state index is -1.25. The molecule has 0 saturated carbocycles. The van der Waals surface area contributed by atoms with Gasteiger partial charge in [0.25, 0.3) is 5.69 Å². The van der Waals surface area contributed by atoms with Crippen LogP contribution >= 0.6 is 0 Å². The maximum Gasteiger partial charge on any atom is 0.328 e. The van der Waals surface area contributed by atoms with Gasteiger partial charge in [-0.3, -0.25) is 14.9 Å². The van der Waals surface area contributed by atoms with Gasteiger partial charge in [0, 0.05) is 17.7 Å². The standard InChI is InChI=1S/C11H6N2O5/c12-5-8-3-9(6-14)7(1-2-11(15)16)4-10(8)13(17)18/h1-4,6H,(H,15,16)/b2-1+. The number of carboxylic acids is 1. The normalized spacial score (nSPS) is 9.94. The van der Waals surface area contributed by atoms with Crippen molar-refractivity contribution in [3.63, 3.8) is 0 Å². The number of carbonyl (C=O) groups excluding carboxylic acids is 1. The van der Waals surface area contributed by atoms with Crippen LogP contribution in [-0.2, 0) is 4.79 Å². The van der Waals surface area contributed by atoms with Gasteiger partial charge in [0.1, 0.15) is 11.6 Å². The van der Waals surface area contributed by atoms with Gasteiger partial charge in [0.2, 0.25) is 0 Å². The smallest absolute Gasteiger partial charge is 0.328 e. The van der Waals surface area contributed by atoms with Crippen LogP contribution in [0.3, 0.4) is 0 Å². The third kappa shape index (κ3) is 2.76. The first-order chi connectivity index (χ1) is 8.49. The fraction of sp³-hybridized carbons (Fsp3) is 0. The highest BCUT2D eigenvalue weighted by atomic mass is 16.6. The molecule has 90 valence electrons. The van der Waals surface area contributed by atoms with Gasteiger partial charge < -0.3 is 5.11 Å². The van der Waals surface area contributed by atoms with Gasteiger partial charge >= 0.3 is 5.97 Å². The number of carbonyl (C=O) groups is 2. The molecule has 0 fully saturated rings. The molecule has 0 aliphatic heterocycles. The quantitative estimate of drug-likeness (QED) is 0.370. The number of nitrogens with zero attached hydrogens (tertiary/aromatic N) is 2. The minimum absolute atomic E-state index is 0.00894. The Hall–Kier alpha value is -3.01. The lowest BCUT2D eigenvalue weighted by Crippen LogP contribution is -1.97. The van der Waals surface area contributed by atoms with E-state index < -0.39 is 16.6 Å². The molecule has 18 heavy (non-hydrogen) atoms. The topological polar surface area (TPSA) is 121 Å². The highest BCUT2D eigenvalue weighted by Gasteiger charge is 2.16. The second-order valence-corrected chi connectivity index (χ2v) is 3.16. The number of benzene rings is 1. The molecule has 0 radical (unpaired) electrons. The van der Waals surface area contributed by atoms with E-state index in [4.69, 9.17) is 10.4 Å². The third-order valence-electron chi connectivity index (χ3n) is 2.05. The summed E-state index contributed by atoms with van der Waals surface area (Å²) in [5, 5.41) is 27.9. The van der Waals surface area contributed by atoms with Crippen molar-refractivity contribution in [2.75, 3.05) is 0 Å². The van der Waals surface area contributed by atoms with Crippen LogP contribution in [0.25, 0.3) is 6.08 Å². The Morgan fingerprint density at radius 1 is 1.44 bits per heavy atom. The molecule has 1 N–H and O–H groups in total. The molecular formula is C11H6N2O5. The van der Waals surface area contributed by atoms with Crippen LogP contribution in [0.4, 0.5) is 5.69 Å². The minimum Gasteiger partial charge on any atom is -0.478 e. The number of carboxylic acid groups (broad SMARTS) is 1. The van der Waals surface area contributed by atoms with Crippen LogP contribution in [0.1, 0.15) is 21.5 Å². The van der Waals surface area contributed by atoms with Crippen LogP contribution < -0.4 is 0 Å². The van der Waals surface area contributed by atoms with E-state index in [2.05, 4.69) is 0 Å². The van der Waals surface area contributed by atoms with Crippen molar-refractivity contribution < 1.29 is 19.6 Å².